The summed E-state index contributed by atoms with van der Waals surface area (Å²) in [6.45, 7) is 0. The van der Waals surface area contributed by atoms with Crippen molar-refractivity contribution in [3.63, 3.8) is 0 Å². The van der Waals surface area contributed by atoms with E-state index >= 15 is 0 Å². The summed E-state index contributed by atoms with van der Waals surface area (Å²) >= 11 is 0. The number of anilines is 3. The molecule has 2 heterocycles. The molecule has 0 aliphatic rings. The molecule has 0 atom stereocenters. The monoisotopic (exact) mass is 742 g/mol. The molecule has 5 nitrogen and oxygen atoms in total. The number of hydrogen-bond acceptors (Lipinski definition) is 5. The summed E-state index contributed by atoms with van der Waals surface area (Å²) in [7, 11) is 0. The minimum Gasteiger partial charge on any atom is -0.455 e. The molecule has 5 heteroatoms. The summed E-state index contributed by atoms with van der Waals surface area (Å²) in [5.41, 5.74) is 9.82. The zero-order chi connectivity index (χ0) is 38.4. The van der Waals surface area contributed by atoms with Crippen molar-refractivity contribution in [2.75, 3.05) is 4.90 Å². The lowest BCUT2D eigenvalue weighted by molar-refractivity contribution is 0.673. The van der Waals surface area contributed by atoms with E-state index in [-0.39, 0.29) is 0 Å². The third kappa shape index (κ3) is 5.85. The Balaban J connectivity index is 1.12. The van der Waals surface area contributed by atoms with Crippen molar-refractivity contribution in [1.29, 1.82) is 0 Å². The number of fused-ring (bicyclic) bond motifs is 6. The van der Waals surface area contributed by atoms with Crippen molar-refractivity contribution in [3.05, 3.63) is 206 Å². The van der Waals surface area contributed by atoms with Gasteiger partial charge in [0.1, 0.15) is 11.2 Å². The molecule has 0 spiro atoms. The normalized spacial score (nSPS) is 11.4. The summed E-state index contributed by atoms with van der Waals surface area (Å²) in [6.07, 6.45) is 0. The van der Waals surface area contributed by atoms with Gasteiger partial charge >= 0.3 is 0 Å². The molecule has 0 saturated carbocycles. The molecule has 0 fully saturated rings. The standard InChI is InChI=1S/C53H34N4O/c1-4-16-37(17-5-1)51-54-52(38-18-6-2-7-19-38)56-53(55-51)47-34-46-44-23-12-13-26-48(44)58-50(46)49-43(24-14-25-45(47)49)36-28-30-41(31-29-36)57(40-21-8-3-9-22-40)42-32-27-35-15-10-11-20-39(35)33-42/h1-34H. The molecule has 0 aliphatic heterocycles. The van der Waals surface area contributed by atoms with E-state index in [2.05, 4.69) is 138 Å². The molecule has 272 valence electrons. The topological polar surface area (TPSA) is 55.1 Å². The van der Waals surface area contributed by atoms with Crippen molar-refractivity contribution in [2.45, 2.75) is 0 Å². The lowest BCUT2D eigenvalue weighted by atomic mass is 9.93. The lowest BCUT2D eigenvalue weighted by Gasteiger charge is -2.26. The van der Waals surface area contributed by atoms with Gasteiger partial charge in [0.05, 0.1) is 0 Å². The van der Waals surface area contributed by atoms with Crippen molar-refractivity contribution in [3.8, 4) is 45.3 Å². The maximum absolute atomic E-state index is 6.76. The van der Waals surface area contributed by atoms with Crippen LogP contribution in [0.1, 0.15) is 0 Å². The van der Waals surface area contributed by atoms with Gasteiger partial charge in [-0.05, 0) is 75.8 Å². The molecular formula is C53H34N4O. The Kier molecular flexibility index (Phi) is 8.07. The fraction of sp³-hybridized carbons (Fsp3) is 0. The van der Waals surface area contributed by atoms with E-state index in [0.717, 1.165) is 77.6 Å². The van der Waals surface area contributed by atoms with Crippen LogP contribution in [0.15, 0.2) is 211 Å². The van der Waals surface area contributed by atoms with Gasteiger partial charge < -0.3 is 9.32 Å². The van der Waals surface area contributed by atoms with Crippen LogP contribution in [-0.4, -0.2) is 15.0 Å². The first kappa shape index (κ1) is 33.4. The van der Waals surface area contributed by atoms with Crippen LogP contribution in [0, 0.1) is 0 Å². The zero-order valence-electron chi connectivity index (χ0n) is 31.3. The van der Waals surface area contributed by atoms with Crippen LogP contribution in [0.3, 0.4) is 0 Å². The molecule has 0 bridgehead atoms. The second-order valence-electron chi connectivity index (χ2n) is 14.4. The molecule has 0 amide bonds. The Bertz CT molecular complexity index is 3210. The number of furan rings is 1. The summed E-state index contributed by atoms with van der Waals surface area (Å²) in [6, 6.07) is 71.6. The molecule has 11 rings (SSSR count). The van der Waals surface area contributed by atoms with Crippen molar-refractivity contribution in [2.24, 2.45) is 0 Å². The van der Waals surface area contributed by atoms with Crippen LogP contribution in [0.5, 0.6) is 0 Å². The van der Waals surface area contributed by atoms with E-state index < -0.39 is 0 Å². The molecule has 58 heavy (non-hydrogen) atoms. The number of aromatic nitrogens is 3. The summed E-state index contributed by atoms with van der Waals surface area (Å²) in [4.78, 5) is 17.6. The van der Waals surface area contributed by atoms with E-state index in [9.17, 15) is 0 Å². The largest absolute Gasteiger partial charge is 0.455 e. The fourth-order valence-electron chi connectivity index (χ4n) is 8.12. The highest BCUT2D eigenvalue weighted by molar-refractivity contribution is 6.22. The molecule has 0 N–H and O–H groups in total. The Morgan fingerprint density at radius 3 is 1.64 bits per heavy atom. The van der Waals surface area contributed by atoms with Crippen molar-refractivity contribution in [1.82, 2.24) is 15.0 Å². The number of hydrogen-bond donors (Lipinski definition) is 0. The predicted molar refractivity (Wildman–Crippen MR) is 239 cm³/mol. The van der Waals surface area contributed by atoms with Gasteiger partial charge in [-0.3, -0.25) is 0 Å². The van der Waals surface area contributed by atoms with Crippen LogP contribution >= 0.6 is 0 Å². The van der Waals surface area contributed by atoms with Crippen molar-refractivity contribution < 1.29 is 4.42 Å². The van der Waals surface area contributed by atoms with Gasteiger partial charge in [0, 0.05) is 49.9 Å². The highest BCUT2D eigenvalue weighted by Gasteiger charge is 2.22. The zero-order valence-corrected chi connectivity index (χ0v) is 31.3. The smallest absolute Gasteiger partial charge is 0.164 e. The molecule has 9 aromatic carbocycles. The van der Waals surface area contributed by atoms with Gasteiger partial charge in [-0.25, -0.2) is 15.0 Å². The van der Waals surface area contributed by atoms with Gasteiger partial charge in [0.25, 0.3) is 0 Å². The van der Waals surface area contributed by atoms with Crippen LogP contribution < -0.4 is 4.90 Å². The molecule has 0 aliphatic carbocycles. The number of rotatable bonds is 7. The predicted octanol–water partition coefficient (Wildman–Crippen LogP) is 14.2. The van der Waals surface area contributed by atoms with Gasteiger partial charge in [-0.15, -0.1) is 0 Å². The minimum atomic E-state index is 0.603. The van der Waals surface area contributed by atoms with Crippen LogP contribution in [-0.2, 0) is 0 Å². The van der Waals surface area contributed by atoms with E-state index in [1.165, 1.54) is 10.8 Å². The van der Waals surface area contributed by atoms with Crippen LogP contribution in [0.2, 0.25) is 0 Å². The van der Waals surface area contributed by atoms with Gasteiger partial charge in [-0.2, -0.15) is 0 Å². The first-order chi connectivity index (χ1) is 28.7. The number of benzene rings is 9. The van der Waals surface area contributed by atoms with Gasteiger partial charge in [0.15, 0.2) is 17.5 Å². The average Bonchev–Trinajstić information content (AvgIpc) is 3.68. The first-order valence-corrected chi connectivity index (χ1v) is 19.4. The minimum absolute atomic E-state index is 0.603. The Hall–Kier alpha value is -7.89. The second kappa shape index (κ2) is 14.0. The highest BCUT2D eigenvalue weighted by Crippen LogP contribution is 2.44. The first-order valence-electron chi connectivity index (χ1n) is 19.4. The Labute approximate surface area is 335 Å². The van der Waals surface area contributed by atoms with Crippen LogP contribution in [0.25, 0.3) is 88.8 Å². The maximum Gasteiger partial charge on any atom is 0.164 e. The molecular weight excluding hydrogens is 709 g/mol. The number of nitrogens with zero attached hydrogens (tertiary/aromatic N) is 4. The highest BCUT2D eigenvalue weighted by atomic mass is 16.3. The van der Waals surface area contributed by atoms with Gasteiger partial charge in [-0.1, -0.05) is 158 Å². The van der Waals surface area contributed by atoms with E-state index in [0.29, 0.717) is 17.5 Å². The second-order valence-corrected chi connectivity index (χ2v) is 14.4. The molecule has 0 radical (unpaired) electrons. The van der Waals surface area contributed by atoms with E-state index in [1.54, 1.807) is 0 Å². The van der Waals surface area contributed by atoms with E-state index in [4.69, 9.17) is 19.4 Å². The summed E-state index contributed by atoms with van der Waals surface area (Å²) < 4.78 is 6.76. The fourth-order valence-corrected chi connectivity index (χ4v) is 8.12. The summed E-state index contributed by atoms with van der Waals surface area (Å²) in [5.74, 6) is 1.85. The molecule has 0 unspecified atom stereocenters. The van der Waals surface area contributed by atoms with Crippen LogP contribution in [0.4, 0.5) is 17.1 Å². The summed E-state index contributed by atoms with van der Waals surface area (Å²) in [5, 5.41) is 6.48. The third-order valence-corrected chi connectivity index (χ3v) is 10.9. The molecule has 0 saturated heterocycles. The third-order valence-electron chi connectivity index (χ3n) is 10.9. The molecule has 2 aromatic heterocycles. The van der Waals surface area contributed by atoms with E-state index in [1.807, 2.05) is 72.8 Å². The molecule has 11 aromatic rings. The Morgan fingerprint density at radius 1 is 0.345 bits per heavy atom. The Morgan fingerprint density at radius 2 is 0.914 bits per heavy atom. The van der Waals surface area contributed by atoms with Gasteiger partial charge in [0.2, 0.25) is 0 Å². The lowest BCUT2D eigenvalue weighted by Crippen LogP contribution is -2.09. The quantitative estimate of drug-likeness (QED) is 0.163. The number of para-hydroxylation sites is 2. The maximum atomic E-state index is 6.76. The SMILES string of the molecule is c1ccc(-c2nc(-c3ccccc3)nc(-c3cc4c5ccccc5oc4c4c(-c5ccc(N(c6ccccc6)c6ccc7ccccc7c6)cc5)cccc34)n2)cc1. The van der Waals surface area contributed by atoms with Crippen molar-refractivity contribution >= 4 is 60.5 Å². The average molecular weight is 743 g/mol.